The van der Waals surface area contributed by atoms with Crippen LogP contribution in [0.15, 0.2) is 84.9 Å². The lowest BCUT2D eigenvalue weighted by Gasteiger charge is -2.32. The Hall–Kier alpha value is -3.16. The lowest BCUT2D eigenvalue weighted by molar-refractivity contribution is -0.137. The van der Waals surface area contributed by atoms with Crippen molar-refractivity contribution in [2.75, 3.05) is 26.2 Å². The van der Waals surface area contributed by atoms with Crippen LogP contribution in [0, 0.1) is 5.92 Å². The summed E-state index contributed by atoms with van der Waals surface area (Å²) in [4.78, 5) is 17.3. The summed E-state index contributed by atoms with van der Waals surface area (Å²) in [5, 5.41) is 10.8. The van der Waals surface area contributed by atoms with E-state index >= 15 is 0 Å². The average Bonchev–Trinajstić information content (AvgIpc) is 3.29. The van der Waals surface area contributed by atoms with Gasteiger partial charge in [0.05, 0.1) is 11.7 Å². The number of halogens is 3. The lowest BCUT2D eigenvalue weighted by atomic mass is 9.87. The number of carbonyl (C=O) groups excluding carboxylic acids is 1. The third-order valence-electron chi connectivity index (χ3n) is 7.28. The Morgan fingerprint density at radius 2 is 1.63 bits per heavy atom. The summed E-state index contributed by atoms with van der Waals surface area (Å²) < 4.78 is 40.6. The van der Waals surface area contributed by atoms with Crippen LogP contribution in [-0.4, -0.2) is 59.1 Å². The van der Waals surface area contributed by atoms with Crippen LogP contribution in [0.2, 0.25) is 0 Å². The fraction of sp³-hybridized carbons (Fsp3) is 0.387. The van der Waals surface area contributed by atoms with Gasteiger partial charge >= 0.3 is 6.18 Å². The third kappa shape index (κ3) is 7.03. The number of rotatable bonds is 9. The zero-order valence-corrected chi connectivity index (χ0v) is 21.8. The van der Waals surface area contributed by atoms with Gasteiger partial charge in [-0.15, -0.1) is 0 Å². The van der Waals surface area contributed by atoms with E-state index in [4.69, 9.17) is 0 Å². The Morgan fingerprint density at radius 1 is 0.974 bits per heavy atom. The molecule has 202 valence electrons. The van der Waals surface area contributed by atoms with Gasteiger partial charge in [-0.25, -0.2) is 0 Å². The summed E-state index contributed by atoms with van der Waals surface area (Å²) in [7, 11) is 0. The number of aliphatic hydroxyl groups is 1. The molecule has 0 unspecified atom stereocenters. The number of nitrogens with zero attached hydrogens (tertiary/aromatic N) is 2. The van der Waals surface area contributed by atoms with E-state index in [1.807, 2.05) is 67.3 Å². The number of hydrogen-bond acceptors (Lipinski definition) is 3. The van der Waals surface area contributed by atoms with Gasteiger partial charge in [-0.3, -0.25) is 9.69 Å². The topological polar surface area (TPSA) is 43.8 Å². The SMILES string of the molecule is CC(C)N(C[C@@H]1CN(C[C@H](O)Cc2ccccc2)C[C@H]1c1cccc(C(F)(F)F)c1)C(=O)c1ccccc1. The number of alkyl halides is 3. The maximum atomic E-state index is 13.5. The van der Waals surface area contributed by atoms with Crippen LogP contribution in [0.5, 0.6) is 0 Å². The van der Waals surface area contributed by atoms with Crippen LogP contribution in [-0.2, 0) is 12.6 Å². The Bertz CT molecular complexity index is 1180. The molecule has 1 aliphatic heterocycles. The second kappa shape index (κ2) is 12.1. The molecule has 4 nitrogen and oxygen atoms in total. The monoisotopic (exact) mass is 524 g/mol. The van der Waals surface area contributed by atoms with Crippen LogP contribution >= 0.6 is 0 Å². The second-order valence-electron chi connectivity index (χ2n) is 10.5. The molecule has 1 saturated heterocycles. The third-order valence-corrected chi connectivity index (χ3v) is 7.28. The maximum absolute atomic E-state index is 13.5. The summed E-state index contributed by atoms with van der Waals surface area (Å²) in [6.07, 6.45) is -4.53. The molecule has 0 saturated carbocycles. The summed E-state index contributed by atoms with van der Waals surface area (Å²) in [6, 6.07) is 24.2. The molecule has 0 aliphatic carbocycles. The van der Waals surface area contributed by atoms with E-state index in [1.165, 1.54) is 12.1 Å². The van der Waals surface area contributed by atoms with Gasteiger partial charge < -0.3 is 10.0 Å². The van der Waals surface area contributed by atoms with Gasteiger partial charge in [0.1, 0.15) is 0 Å². The minimum Gasteiger partial charge on any atom is -0.391 e. The minimum atomic E-state index is -4.43. The van der Waals surface area contributed by atoms with E-state index in [1.54, 1.807) is 18.2 Å². The largest absolute Gasteiger partial charge is 0.416 e. The summed E-state index contributed by atoms with van der Waals surface area (Å²) >= 11 is 0. The number of carbonyl (C=O) groups is 1. The smallest absolute Gasteiger partial charge is 0.391 e. The highest BCUT2D eigenvalue weighted by molar-refractivity contribution is 5.94. The van der Waals surface area contributed by atoms with Crippen molar-refractivity contribution in [2.45, 2.75) is 44.5 Å². The Kier molecular flexibility index (Phi) is 8.90. The van der Waals surface area contributed by atoms with E-state index in [2.05, 4.69) is 4.90 Å². The molecule has 0 spiro atoms. The van der Waals surface area contributed by atoms with Crippen molar-refractivity contribution < 1.29 is 23.1 Å². The van der Waals surface area contributed by atoms with E-state index in [9.17, 15) is 23.1 Å². The van der Waals surface area contributed by atoms with Gasteiger partial charge in [-0.05, 0) is 55.5 Å². The molecule has 3 aromatic rings. The molecule has 1 aliphatic rings. The van der Waals surface area contributed by atoms with Crippen molar-refractivity contribution in [3.8, 4) is 0 Å². The van der Waals surface area contributed by atoms with E-state index in [-0.39, 0.29) is 23.8 Å². The molecule has 1 heterocycles. The van der Waals surface area contributed by atoms with Gasteiger partial charge in [0.15, 0.2) is 0 Å². The molecule has 7 heteroatoms. The van der Waals surface area contributed by atoms with E-state index in [0.29, 0.717) is 43.7 Å². The predicted molar refractivity (Wildman–Crippen MR) is 143 cm³/mol. The van der Waals surface area contributed by atoms with Gasteiger partial charge in [-0.2, -0.15) is 13.2 Å². The molecule has 0 radical (unpaired) electrons. The van der Waals surface area contributed by atoms with E-state index < -0.39 is 17.8 Å². The van der Waals surface area contributed by atoms with Crippen LogP contribution in [0.1, 0.15) is 46.8 Å². The molecule has 3 aromatic carbocycles. The summed E-state index contributed by atoms with van der Waals surface area (Å²) in [5.41, 5.74) is 1.56. The Labute approximate surface area is 222 Å². The highest BCUT2D eigenvalue weighted by Gasteiger charge is 2.38. The van der Waals surface area contributed by atoms with Crippen LogP contribution in [0.25, 0.3) is 0 Å². The number of likely N-dealkylation sites (tertiary alicyclic amines) is 1. The fourth-order valence-electron chi connectivity index (χ4n) is 5.39. The normalized spacial score (nSPS) is 19.0. The van der Waals surface area contributed by atoms with Crippen molar-refractivity contribution >= 4 is 5.91 Å². The molecule has 1 amide bonds. The highest BCUT2D eigenvalue weighted by atomic mass is 19.4. The molecule has 3 atom stereocenters. The molecule has 0 bridgehead atoms. The second-order valence-corrected chi connectivity index (χ2v) is 10.5. The van der Waals surface area contributed by atoms with Gasteiger partial charge in [0, 0.05) is 43.7 Å². The minimum absolute atomic E-state index is 0.0809. The first kappa shape index (κ1) is 27.9. The number of amides is 1. The van der Waals surface area contributed by atoms with Crippen LogP contribution < -0.4 is 0 Å². The number of benzene rings is 3. The van der Waals surface area contributed by atoms with Crippen molar-refractivity contribution in [1.29, 1.82) is 0 Å². The standard InChI is InChI=1S/C31H35F3N2O2/c1-22(2)36(30(38)24-12-7-4-8-13-24)19-26-18-35(20-28(37)16-23-10-5-3-6-11-23)21-29(26)25-14-9-15-27(17-25)31(32,33)34/h3-15,17,22,26,28-29,37H,16,18-21H2,1-2H3/t26-,28+,29-/m0/s1. The molecule has 38 heavy (non-hydrogen) atoms. The van der Waals surface area contributed by atoms with Crippen LogP contribution in [0.4, 0.5) is 13.2 Å². The van der Waals surface area contributed by atoms with Crippen LogP contribution in [0.3, 0.4) is 0 Å². The summed E-state index contributed by atoms with van der Waals surface area (Å²) in [6.45, 7) is 5.83. The average molecular weight is 525 g/mol. The van der Waals surface area contributed by atoms with Crippen molar-refractivity contribution in [2.24, 2.45) is 5.92 Å². The fourth-order valence-corrected chi connectivity index (χ4v) is 5.39. The highest BCUT2D eigenvalue weighted by Crippen LogP contribution is 2.37. The predicted octanol–water partition coefficient (Wildman–Crippen LogP) is 5.88. The number of β-amino-alcohol motifs (C(OH)–C–C–N with tert-alkyl or cyclic N) is 1. The van der Waals surface area contributed by atoms with Gasteiger partial charge in [0.25, 0.3) is 5.91 Å². The molecular formula is C31H35F3N2O2. The zero-order valence-electron chi connectivity index (χ0n) is 21.8. The first-order valence-electron chi connectivity index (χ1n) is 13.1. The number of aliphatic hydroxyl groups excluding tert-OH is 1. The van der Waals surface area contributed by atoms with Crippen molar-refractivity contribution in [3.63, 3.8) is 0 Å². The Morgan fingerprint density at radius 3 is 2.26 bits per heavy atom. The lowest BCUT2D eigenvalue weighted by Crippen LogP contribution is -2.42. The Balaban J connectivity index is 1.57. The van der Waals surface area contributed by atoms with Crippen molar-refractivity contribution in [3.05, 3.63) is 107 Å². The maximum Gasteiger partial charge on any atom is 0.416 e. The quantitative estimate of drug-likeness (QED) is 0.381. The molecular weight excluding hydrogens is 489 g/mol. The molecule has 1 N–H and O–H groups in total. The number of hydrogen-bond donors (Lipinski definition) is 1. The summed E-state index contributed by atoms with van der Waals surface area (Å²) in [5.74, 6) is -0.380. The molecule has 0 aromatic heterocycles. The zero-order chi connectivity index (χ0) is 27.3. The first-order chi connectivity index (χ1) is 18.1. The van der Waals surface area contributed by atoms with Crippen molar-refractivity contribution in [1.82, 2.24) is 9.80 Å². The molecule has 4 rings (SSSR count). The molecule has 1 fully saturated rings. The first-order valence-corrected chi connectivity index (χ1v) is 13.1. The van der Waals surface area contributed by atoms with E-state index in [0.717, 1.165) is 11.6 Å². The van der Waals surface area contributed by atoms with Gasteiger partial charge in [-0.1, -0.05) is 66.7 Å². The van der Waals surface area contributed by atoms with Gasteiger partial charge in [0.2, 0.25) is 0 Å².